The molecule has 0 radical (unpaired) electrons. The van der Waals surface area contributed by atoms with E-state index in [-0.39, 0.29) is 6.61 Å². The second-order valence-corrected chi connectivity index (χ2v) is 6.16. The quantitative estimate of drug-likeness (QED) is 0.856. The maximum atomic E-state index is 14.4. The molecule has 2 saturated heterocycles. The molecule has 1 aromatic carbocycles. The van der Waals surface area contributed by atoms with Crippen molar-refractivity contribution in [1.82, 2.24) is 0 Å². The summed E-state index contributed by atoms with van der Waals surface area (Å²) in [6.07, 6.45) is -2.63. The third-order valence-electron chi connectivity index (χ3n) is 3.80. The van der Waals surface area contributed by atoms with Crippen molar-refractivity contribution >= 4 is 0 Å². The van der Waals surface area contributed by atoms with Crippen LogP contribution in [0, 0.1) is 0 Å². The normalized spacial score (nSPS) is 37.6. The fraction of sp³-hybridized carbons (Fsp3) is 0.625. The zero-order valence-electron chi connectivity index (χ0n) is 12.5. The summed E-state index contributed by atoms with van der Waals surface area (Å²) in [4.78, 5) is 0. The maximum absolute atomic E-state index is 14.4. The topological polar surface area (TPSA) is 36.9 Å². The summed E-state index contributed by atoms with van der Waals surface area (Å²) in [5, 5.41) is 0. The van der Waals surface area contributed by atoms with Gasteiger partial charge in [0.15, 0.2) is 17.7 Å². The third-order valence-corrected chi connectivity index (χ3v) is 3.80. The minimum atomic E-state index is -1.26. The molecule has 3 rings (SSSR count). The Kier molecular flexibility index (Phi) is 3.78. The third kappa shape index (κ3) is 2.97. The number of alkyl halides is 1. The summed E-state index contributed by atoms with van der Waals surface area (Å²) in [5.74, 6) is -1.86. The molecule has 2 heterocycles. The standard InChI is InChI=1S/C16H21FO4/c1-15(2)20-14-13(17)12(19-16(14,3)21-15)10-18-9-11-7-5-4-6-8-11/h4-8,12-14H,9-10H2,1-3H3/t12-,13-,14-,16-/m1/s1. The number of fused-ring (bicyclic) bond motifs is 1. The highest BCUT2D eigenvalue weighted by molar-refractivity contribution is 5.13. The molecule has 4 nitrogen and oxygen atoms in total. The molecule has 0 aliphatic carbocycles. The molecule has 116 valence electrons. The molecule has 0 aromatic heterocycles. The van der Waals surface area contributed by atoms with Crippen molar-refractivity contribution in [3.63, 3.8) is 0 Å². The lowest BCUT2D eigenvalue weighted by molar-refractivity contribution is -0.258. The van der Waals surface area contributed by atoms with E-state index in [1.807, 2.05) is 30.3 Å². The van der Waals surface area contributed by atoms with Crippen LogP contribution in [0.1, 0.15) is 26.3 Å². The average Bonchev–Trinajstić information content (AvgIpc) is 2.79. The Balaban J connectivity index is 1.55. The first kappa shape index (κ1) is 14.9. The van der Waals surface area contributed by atoms with Crippen LogP contribution < -0.4 is 0 Å². The lowest BCUT2D eigenvalue weighted by Crippen LogP contribution is -2.35. The van der Waals surface area contributed by atoms with Gasteiger partial charge in [0.25, 0.3) is 0 Å². The summed E-state index contributed by atoms with van der Waals surface area (Å²) in [7, 11) is 0. The predicted octanol–water partition coefficient (Wildman–Crippen LogP) is 2.81. The van der Waals surface area contributed by atoms with Gasteiger partial charge in [-0.05, 0) is 26.3 Å². The number of hydrogen-bond acceptors (Lipinski definition) is 4. The Morgan fingerprint density at radius 1 is 1.14 bits per heavy atom. The lowest BCUT2D eigenvalue weighted by Gasteiger charge is -2.25. The molecule has 1 aromatic rings. The summed E-state index contributed by atoms with van der Waals surface area (Å²) < 4.78 is 37.0. The SMILES string of the molecule is CC1(C)O[C@@H]2[C@H](F)[C@@H](COCc3ccccc3)O[C@]2(C)O1. The molecule has 0 N–H and O–H groups in total. The highest BCUT2D eigenvalue weighted by Crippen LogP contribution is 2.46. The molecule has 0 spiro atoms. The number of benzene rings is 1. The molecule has 0 bridgehead atoms. The zero-order chi connectivity index (χ0) is 15.1. The van der Waals surface area contributed by atoms with Gasteiger partial charge in [-0.2, -0.15) is 0 Å². The van der Waals surface area contributed by atoms with Crippen LogP contribution in [0.5, 0.6) is 0 Å². The molecule has 2 fully saturated rings. The summed E-state index contributed by atoms with van der Waals surface area (Å²) in [6.45, 7) is 5.84. The van der Waals surface area contributed by atoms with E-state index in [1.54, 1.807) is 20.8 Å². The number of halogens is 1. The molecular formula is C16H21FO4. The van der Waals surface area contributed by atoms with Crippen molar-refractivity contribution in [2.24, 2.45) is 0 Å². The van der Waals surface area contributed by atoms with Gasteiger partial charge >= 0.3 is 0 Å². The van der Waals surface area contributed by atoms with E-state index in [9.17, 15) is 4.39 Å². The Morgan fingerprint density at radius 3 is 2.52 bits per heavy atom. The van der Waals surface area contributed by atoms with Crippen LogP contribution in [0.4, 0.5) is 4.39 Å². The molecule has 5 heteroatoms. The van der Waals surface area contributed by atoms with Crippen LogP contribution in [0.2, 0.25) is 0 Å². The number of hydrogen-bond donors (Lipinski definition) is 0. The number of rotatable bonds is 4. The first-order valence-electron chi connectivity index (χ1n) is 7.21. The molecule has 2 aliphatic heterocycles. The zero-order valence-corrected chi connectivity index (χ0v) is 12.5. The van der Waals surface area contributed by atoms with Crippen LogP contribution in [-0.4, -0.2) is 36.6 Å². The van der Waals surface area contributed by atoms with Crippen molar-refractivity contribution in [1.29, 1.82) is 0 Å². The average molecular weight is 296 g/mol. The molecule has 0 amide bonds. The van der Waals surface area contributed by atoms with Crippen molar-refractivity contribution in [3.05, 3.63) is 35.9 Å². The molecule has 2 aliphatic rings. The second-order valence-electron chi connectivity index (χ2n) is 6.16. The highest BCUT2D eigenvalue weighted by atomic mass is 19.1. The van der Waals surface area contributed by atoms with Crippen LogP contribution in [0.3, 0.4) is 0 Å². The van der Waals surface area contributed by atoms with E-state index in [1.165, 1.54) is 0 Å². The maximum Gasteiger partial charge on any atom is 0.198 e. The Morgan fingerprint density at radius 2 is 1.86 bits per heavy atom. The van der Waals surface area contributed by atoms with E-state index in [0.717, 1.165) is 5.56 Å². The molecule has 4 atom stereocenters. The van der Waals surface area contributed by atoms with E-state index in [4.69, 9.17) is 18.9 Å². The summed E-state index contributed by atoms with van der Waals surface area (Å²) in [5.41, 5.74) is 1.05. The molecular weight excluding hydrogens is 275 g/mol. The Labute approximate surface area is 124 Å². The van der Waals surface area contributed by atoms with Crippen LogP contribution >= 0.6 is 0 Å². The van der Waals surface area contributed by atoms with Crippen LogP contribution in [0.25, 0.3) is 0 Å². The van der Waals surface area contributed by atoms with Crippen molar-refractivity contribution < 1.29 is 23.3 Å². The summed E-state index contributed by atoms with van der Waals surface area (Å²) >= 11 is 0. The Bertz CT molecular complexity index is 492. The highest BCUT2D eigenvalue weighted by Gasteiger charge is 2.62. The monoisotopic (exact) mass is 296 g/mol. The van der Waals surface area contributed by atoms with Gasteiger partial charge in [-0.15, -0.1) is 0 Å². The fourth-order valence-corrected chi connectivity index (χ4v) is 2.98. The van der Waals surface area contributed by atoms with Crippen molar-refractivity contribution in [2.45, 2.75) is 57.3 Å². The van der Waals surface area contributed by atoms with Crippen molar-refractivity contribution in [3.8, 4) is 0 Å². The van der Waals surface area contributed by atoms with E-state index >= 15 is 0 Å². The summed E-state index contributed by atoms with van der Waals surface area (Å²) in [6, 6.07) is 9.76. The molecule has 0 saturated carbocycles. The van der Waals surface area contributed by atoms with Gasteiger partial charge < -0.3 is 18.9 Å². The van der Waals surface area contributed by atoms with E-state index in [2.05, 4.69) is 0 Å². The molecule has 0 unspecified atom stereocenters. The van der Waals surface area contributed by atoms with E-state index < -0.39 is 30.0 Å². The van der Waals surface area contributed by atoms with Crippen LogP contribution in [0.15, 0.2) is 30.3 Å². The Hall–Kier alpha value is -1.01. The van der Waals surface area contributed by atoms with Gasteiger partial charge in [-0.3, -0.25) is 0 Å². The first-order chi connectivity index (χ1) is 9.90. The lowest BCUT2D eigenvalue weighted by atomic mass is 10.1. The number of ether oxygens (including phenoxy) is 4. The smallest absolute Gasteiger partial charge is 0.198 e. The van der Waals surface area contributed by atoms with Gasteiger partial charge in [-0.1, -0.05) is 30.3 Å². The fourth-order valence-electron chi connectivity index (χ4n) is 2.98. The van der Waals surface area contributed by atoms with Gasteiger partial charge in [0, 0.05) is 0 Å². The van der Waals surface area contributed by atoms with Crippen molar-refractivity contribution in [2.75, 3.05) is 6.61 Å². The van der Waals surface area contributed by atoms with Crippen LogP contribution in [-0.2, 0) is 25.6 Å². The van der Waals surface area contributed by atoms with Gasteiger partial charge in [-0.25, -0.2) is 4.39 Å². The second kappa shape index (κ2) is 5.32. The molecule has 21 heavy (non-hydrogen) atoms. The largest absolute Gasteiger partial charge is 0.374 e. The first-order valence-corrected chi connectivity index (χ1v) is 7.21. The van der Waals surface area contributed by atoms with E-state index in [0.29, 0.717) is 6.61 Å². The minimum Gasteiger partial charge on any atom is -0.374 e. The minimum absolute atomic E-state index is 0.176. The van der Waals surface area contributed by atoms with Gasteiger partial charge in [0.2, 0.25) is 0 Å². The predicted molar refractivity (Wildman–Crippen MR) is 74.3 cm³/mol. The van der Waals surface area contributed by atoms with Gasteiger partial charge in [0.1, 0.15) is 12.2 Å². The van der Waals surface area contributed by atoms with Gasteiger partial charge in [0.05, 0.1) is 13.2 Å².